The molecule has 0 fully saturated rings. The fourth-order valence-electron chi connectivity index (χ4n) is 2.45. The van der Waals surface area contributed by atoms with Crippen LogP contribution in [0.15, 0.2) is 48.7 Å². The number of hydrogen-bond donors (Lipinski definition) is 2. The van der Waals surface area contributed by atoms with Gasteiger partial charge >= 0.3 is 0 Å². The lowest BCUT2D eigenvalue weighted by molar-refractivity contribution is 1.31. The van der Waals surface area contributed by atoms with Crippen molar-refractivity contribution in [2.75, 3.05) is 5.73 Å². The lowest BCUT2D eigenvalue weighted by atomic mass is 10.1. The quantitative estimate of drug-likeness (QED) is 0.557. The van der Waals surface area contributed by atoms with E-state index in [2.05, 4.69) is 15.0 Å². The Bertz CT molecular complexity index is 942. The second kappa shape index (κ2) is 4.46. The van der Waals surface area contributed by atoms with Gasteiger partial charge in [-0.15, -0.1) is 0 Å². The van der Waals surface area contributed by atoms with Crippen LogP contribution >= 0.6 is 11.6 Å². The van der Waals surface area contributed by atoms with Crippen LogP contribution in [-0.2, 0) is 0 Å². The van der Waals surface area contributed by atoms with Crippen LogP contribution in [0.4, 0.5) is 5.69 Å². The third kappa shape index (κ3) is 1.92. The molecule has 2 aromatic heterocycles. The largest absolute Gasteiger partial charge is 0.398 e. The van der Waals surface area contributed by atoms with Gasteiger partial charge in [0, 0.05) is 16.6 Å². The van der Waals surface area contributed by atoms with Crippen LogP contribution in [0.3, 0.4) is 0 Å². The van der Waals surface area contributed by atoms with Crippen molar-refractivity contribution >= 4 is 39.2 Å². The topological polar surface area (TPSA) is 67.6 Å². The average Bonchev–Trinajstić information content (AvgIpc) is 2.92. The Balaban J connectivity index is 1.99. The lowest BCUT2D eigenvalue weighted by Gasteiger charge is -2.06. The zero-order valence-corrected chi connectivity index (χ0v) is 11.7. The summed E-state index contributed by atoms with van der Waals surface area (Å²) in [6.45, 7) is 0. The van der Waals surface area contributed by atoms with Crippen molar-refractivity contribution in [1.82, 2.24) is 15.0 Å². The summed E-state index contributed by atoms with van der Waals surface area (Å²) in [7, 11) is 0. The average molecular weight is 295 g/mol. The van der Waals surface area contributed by atoms with E-state index < -0.39 is 0 Å². The number of nitrogen functional groups attached to an aromatic ring is 1. The summed E-state index contributed by atoms with van der Waals surface area (Å²) in [5.74, 6) is 0.711. The predicted molar refractivity (Wildman–Crippen MR) is 86.3 cm³/mol. The molecule has 0 amide bonds. The molecule has 5 heteroatoms. The van der Waals surface area contributed by atoms with Gasteiger partial charge in [-0.3, -0.25) is 4.98 Å². The molecule has 102 valence electrons. The molecule has 0 radical (unpaired) electrons. The van der Waals surface area contributed by atoms with Crippen LogP contribution in [0.2, 0.25) is 5.02 Å². The molecule has 2 heterocycles. The number of aromatic nitrogens is 3. The van der Waals surface area contributed by atoms with Gasteiger partial charge in [-0.1, -0.05) is 23.7 Å². The monoisotopic (exact) mass is 294 g/mol. The molecule has 0 bridgehead atoms. The third-order valence-corrected chi connectivity index (χ3v) is 3.75. The SMILES string of the molecule is Nc1c(-c2nc3ccccc3[nH]2)cnc2ccc(Cl)cc12. The molecule has 4 rings (SSSR count). The maximum Gasteiger partial charge on any atom is 0.142 e. The molecule has 0 saturated carbocycles. The number of para-hydroxylation sites is 2. The first-order valence-electron chi connectivity index (χ1n) is 6.51. The van der Waals surface area contributed by atoms with E-state index in [-0.39, 0.29) is 0 Å². The minimum Gasteiger partial charge on any atom is -0.398 e. The zero-order chi connectivity index (χ0) is 14.4. The van der Waals surface area contributed by atoms with Crippen LogP contribution in [-0.4, -0.2) is 15.0 Å². The molecule has 0 atom stereocenters. The number of benzene rings is 2. The number of anilines is 1. The molecule has 2 aromatic carbocycles. The molecular formula is C16H11ClN4. The Labute approximate surface area is 125 Å². The highest BCUT2D eigenvalue weighted by molar-refractivity contribution is 6.31. The summed E-state index contributed by atoms with van der Waals surface area (Å²) in [5.41, 5.74) is 10.4. The second-order valence-corrected chi connectivity index (χ2v) is 5.29. The molecule has 21 heavy (non-hydrogen) atoms. The van der Waals surface area contributed by atoms with Gasteiger partial charge in [0.1, 0.15) is 5.82 Å². The minimum atomic E-state index is 0.626. The fourth-order valence-corrected chi connectivity index (χ4v) is 2.63. The number of aromatic amines is 1. The number of nitrogens with two attached hydrogens (primary N) is 1. The number of imidazole rings is 1. The standard InChI is InChI=1S/C16H11ClN4/c17-9-5-6-12-10(7-9)15(18)11(8-19-12)16-20-13-3-1-2-4-14(13)21-16/h1-8H,(H2,18,19)(H,20,21). The maximum absolute atomic E-state index is 6.28. The number of hydrogen-bond acceptors (Lipinski definition) is 3. The number of pyridine rings is 1. The van der Waals surface area contributed by atoms with Crippen molar-refractivity contribution in [3.05, 3.63) is 53.7 Å². The van der Waals surface area contributed by atoms with Gasteiger partial charge in [-0.2, -0.15) is 0 Å². The van der Waals surface area contributed by atoms with Crippen molar-refractivity contribution in [3.63, 3.8) is 0 Å². The Kier molecular flexibility index (Phi) is 2.59. The number of rotatable bonds is 1. The van der Waals surface area contributed by atoms with Gasteiger partial charge in [0.15, 0.2) is 0 Å². The normalized spacial score (nSPS) is 11.3. The van der Waals surface area contributed by atoms with Gasteiger partial charge < -0.3 is 10.7 Å². The summed E-state index contributed by atoms with van der Waals surface area (Å²) >= 11 is 6.05. The van der Waals surface area contributed by atoms with E-state index in [1.54, 1.807) is 12.3 Å². The number of fused-ring (bicyclic) bond motifs is 2. The van der Waals surface area contributed by atoms with Gasteiger partial charge in [0.2, 0.25) is 0 Å². The Morgan fingerprint density at radius 1 is 1.05 bits per heavy atom. The maximum atomic E-state index is 6.28. The molecule has 0 aliphatic heterocycles. The third-order valence-electron chi connectivity index (χ3n) is 3.52. The number of H-pyrrole nitrogens is 1. The Morgan fingerprint density at radius 3 is 2.76 bits per heavy atom. The Hall–Kier alpha value is -2.59. The molecule has 0 unspecified atom stereocenters. The van der Waals surface area contributed by atoms with Gasteiger partial charge in [-0.05, 0) is 30.3 Å². The fraction of sp³-hybridized carbons (Fsp3) is 0. The molecule has 4 aromatic rings. The molecule has 4 nitrogen and oxygen atoms in total. The van der Waals surface area contributed by atoms with Crippen LogP contribution in [0.25, 0.3) is 33.3 Å². The molecule has 0 spiro atoms. The van der Waals surface area contributed by atoms with Crippen LogP contribution < -0.4 is 5.73 Å². The van der Waals surface area contributed by atoms with E-state index in [0.717, 1.165) is 27.5 Å². The second-order valence-electron chi connectivity index (χ2n) is 4.85. The van der Waals surface area contributed by atoms with E-state index in [4.69, 9.17) is 17.3 Å². The smallest absolute Gasteiger partial charge is 0.142 e. The van der Waals surface area contributed by atoms with Crippen molar-refractivity contribution < 1.29 is 0 Å². The van der Waals surface area contributed by atoms with E-state index in [1.165, 1.54) is 0 Å². The van der Waals surface area contributed by atoms with E-state index in [1.807, 2.05) is 36.4 Å². The predicted octanol–water partition coefficient (Wildman–Crippen LogP) is 4.01. The van der Waals surface area contributed by atoms with Crippen LogP contribution in [0.5, 0.6) is 0 Å². The first-order valence-corrected chi connectivity index (χ1v) is 6.89. The van der Waals surface area contributed by atoms with Gasteiger partial charge in [0.05, 0.1) is 27.8 Å². The first kappa shape index (κ1) is 12.2. The number of halogens is 1. The first-order chi connectivity index (χ1) is 10.2. The summed E-state index contributed by atoms with van der Waals surface area (Å²) in [5, 5.41) is 1.47. The molecule has 0 aliphatic rings. The van der Waals surface area contributed by atoms with Crippen molar-refractivity contribution in [2.45, 2.75) is 0 Å². The molecule has 0 aliphatic carbocycles. The van der Waals surface area contributed by atoms with Crippen LogP contribution in [0, 0.1) is 0 Å². The molecule has 3 N–H and O–H groups in total. The van der Waals surface area contributed by atoms with Gasteiger partial charge in [-0.25, -0.2) is 4.98 Å². The highest BCUT2D eigenvalue weighted by atomic mass is 35.5. The number of nitrogens with one attached hydrogen (secondary N) is 1. The summed E-state index contributed by atoms with van der Waals surface area (Å²) in [4.78, 5) is 12.3. The summed E-state index contributed by atoms with van der Waals surface area (Å²) < 4.78 is 0. The van der Waals surface area contributed by atoms with E-state index >= 15 is 0 Å². The minimum absolute atomic E-state index is 0.626. The summed E-state index contributed by atoms with van der Waals surface area (Å²) in [6, 6.07) is 13.3. The van der Waals surface area contributed by atoms with Crippen molar-refractivity contribution in [3.8, 4) is 11.4 Å². The van der Waals surface area contributed by atoms with Crippen LogP contribution in [0.1, 0.15) is 0 Å². The van der Waals surface area contributed by atoms with E-state index in [0.29, 0.717) is 16.5 Å². The lowest BCUT2D eigenvalue weighted by Crippen LogP contribution is -1.95. The van der Waals surface area contributed by atoms with Crippen molar-refractivity contribution in [2.24, 2.45) is 0 Å². The van der Waals surface area contributed by atoms with Crippen molar-refractivity contribution in [1.29, 1.82) is 0 Å². The summed E-state index contributed by atoms with van der Waals surface area (Å²) in [6.07, 6.45) is 1.74. The van der Waals surface area contributed by atoms with E-state index in [9.17, 15) is 0 Å². The highest BCUT2D eigenvalue weighted by Crippen LogP contribution is 2.31. The Morgan fingerprint density at radius 2 is 1.90 bits per heavy atom. The molecule has 0 saturated heterocycles. The van der Waals surface area contributed by atoms with Gasteiger partial charge in [0.25, 0.3) is 0 Å². The molecular weight excluding hydrogens is 284 g/mol. The number of nitrogens with zero attached hydrogens (tertiary/aromatic N) is 2. The zero-order valence-electron chi connectivity index (χ0n) is 11.0. The highest BCUT2D eigenvalue weighted by Gasteiger charge is 2.12.